The number of fused-ring (bicyclic) bond motifs is 2. The lowest BCUT2D eigenvalue weighted by Gasteiger charge is -2.23. The normalized spacial score (nSPS) is 14.5. The predicted octanol–water partition coefficient (Wildman–Crippen LogP) is 8.26. The van der Waals surface area contributed by atoms with Crippen molar-refractivity contribution in [3.63, 3.8) is 0 Å². The third kappa shape index (κ3) is 7.03. The Hall–Kier alpha value is -4.85. The van der Waals surface area contributed by atoms with E-state index in [1.807, 2.05) is 24.3 Å². The highest BCUT2D eigenvalue weighted by Crippen LogP contribution is 2.36. The second-order valence-corrected chi connectivity index (χ2v) is 12.4. The Morgan fingerprint density at radius 2 is 1.75 bits per heavy atom. The molecule has 8 heteroatoms. The summed E-state index contributed by atoms with van der Waals surface area (Å²) in [5, 5.41) is 14.3. The molecule has 5 aromatic rings. The van der Waals surface area contributed by atoms with Crippen LogP contribution >= 0.6 is 0 Å². The molecule has 8 nitrogen and oxygen atoms in total. The van der Waals surface area contributed by atoms with Crippen molar-refractivity contribution in [3.05, 3.63) is 113 Å². The quantitative estimate of drug-likeness (QED) is 0.142. The van der Waals surface area contributed by atoms with Crippen LogP contribution in [0.25, 0.3) is 16.5 Å². The van der Waals surface area contributed by atoms with Gasteiger partial charge in [-0.05, 0) is 66.1 Å². The minimum Gasteiger partial charge on any atom is -0.497 e. The molecule has 2 N–H and O–H groups in total. The van der Waals surface area contributed by atoms with Gasteiger partial charge in [0.1, 0.15) is 17.3 Å². The maximum absolute atomic E-state index is 13.7. The largest absolute Gasteiger partial charge is 0.497 e. The van der Waals surface area contributed by atoms with Gasteiger partial charge in [0.2, 0.25) is 5.91 Å². The number of carbonyl (C=O) groups excluding carboxylic acids is 1. The van der Waals surface area contributed by atoms with Crippen LogP contribution in [0.4, 0.5) is 0 Å². The fourth-order valence-corrected chi connectivity index (χ4v) is 7.15. The molecule has 2 aliphatic rings. The maximum atomic E-state index is 13.7. The summed E-state index contributed by atoms with van der Waals surface area (Å²) in [7, 11) is 3.33. The van der Waals surface area contributed by atoms with Gasteiger partial charge in [0.05, 0.1) is 26.8 Å². The van der Waals surface area contributed by atoms with E-state index in [9.17, 15) is 4.79 Å². The van der Waals surface area contributed by atoms with Gasteiger partial charge in [-0.1, -0.05) is 76.2 Å². The van der Waals surface area contributed by atoms with Gasteiger partial charge in [0, 0.05) is 47.5 Å². The van der Waals surface area contributed by atoms with E-state index < -0.39 is 0 Å². The van der Waals surface area contributed by atoms with Crippen molar-refractivity contribution in [2.75, 3.05) is 14.2 Å². The molecule has 0 unspecified atom stereocenters. The number of H-pyrrole nitrogens is 1. The van der Waals surface area contributed by atoms with Crippen LogP contribution < -0.4 is 14.8 Å². The van der Waals surface area contributed by atoms with Crippen LogP contribution in [-0.2, 0) is 30.6 Å². The van der Waals surface area contributed by atoms with Crippen molar-refractivity contribution in [2.24, 2.45) is 5.92 Å². The zero-order valence-corrected chi connectivity index (χ0v) is 26.6. The van der Waals surface area contributed by atoms with Crippen molar-refractivity contribution in [3.8, 4) is 11.5 Å². The number of aromatic nitrogens is 4. The first-order chi connectivity index (χ1) is 22.6. The topological polar surface area (TPSA) is 94.1 Å². The maximum Gasteiger partial charge on any atom is 0.223 e. The first kappa shape index (κ1) is 34.5. The van der Waals surface area contributed by atoms with Crippen LogP contribution in [-0.4, -0.2) is 39.9 Å². The van der Waals surface area contributed by atoms with Crippen LogP contribution in [0.2, 0.25) is 0 Å². The fourth-order valence-electron chi connectivity index (χ4n) is 7.15. The molecule has 1 fully saturated rings. The SMILES string of the molecule is C.C.COc1ccc(Cn2c(CCc3c[nH]c4ccccc34)nnc2[C@@H](CC2=CCc3ccccc32)NC(=O)C2CCCC2)c(OC)c1. The van der Waals surface area contributed by atoms with E-state index in [1.165, 1.54) is 27.6 Å². The van der Waals surface area contributed by atoms with Gasteiger partial charge in [-0.2, -0.15) is 0 Å². The van der Waals surface area contributed by atoms with E-state index in [4.69, 9.17) is 19.7 Å². The lowest BCUT2D eigenvalue weighted by atomic mass is 9.98. The molecule has 0 radical (unpaired) electrons. The molecule has 48 heavy (non-hydrogen) atoms. The molecule has 2 aromatic heterocycles. The lowest BCUT2D eigenvalue weighted by Crippen LogP contribution is -2.35. The molecule has 0 aliphatic heterocycles. The summed E-state index contributed by atoms with van der Waals surface area (Å²) in [6.45, 7) is 0.504. The first-order valence-corrected chi connectivity index (χ1v) is 16.4. The highest BCUT2D eigenvalue weighted by molar-refractivity contribution is 5.83. The van der Waals surface area contributed by atoms with Gasteiger partial charge in [0.15, 0.2) is 5.82 Å². The minimum absolute atomic E-state index is 0. The molecule has 0 bridgehead atoms. The van der Waals surface area contributed by atoms with Crippen LogP contribution in [0.1, 0.15) is 86.9 Å². The van der Waals surface area contributed by atoms with Crippen molar-refractivity contribution < 1.29 is 14.3 Å². The summed E-state index contributed by atoms with van der Waals surface area (Å²) < 4.78 is 13.5. The number of aromatic amines is 1. The number of carbonyl (C=O) groups is 1. The molecule has 252 valence electrons. The third-order valence-electron chi connectivity index (χ3n) is 9.68. The van der Waals surface area contributed by atoms with Crippen molar-refractivity contribution in [1.82, 2.24) is 25.1 Å². The van der Waals surface area contributed by atoms with Gasteiger partial charge in [0.25, 0.3) is 0 Å². The molecular weight excluding hydrogens is 598 g/mol. The number of benzene rings is 3. The Bertz CT molecular complexity index is 1880. The Balaban J connectivity index is 0.00000225. The van der Waals surface area contributed by atoms with Crippen LogP contribution in [0.15, 0.2) is 79.0 Å². The van der Waals surface area contributed by atoms with E-state index in [0.29, 0.717) is 19.4 Å². The molecule has 2 heterocycles. The number of nitrogens with one attached hydrogen (secondary N) is 2. The molecule has 2 aliphatic carbocycles. The van der Waals surface area contributed by atoms with Gasteiger partial charge in [-0.25, -0.2) is 0 Å². The number of methoxy groups -OCH3 is 2. The van der Waals surface area contributed by atoms with Crippen LogP contribution in [0.3, 0.4) is 0 Å². The minimum atomic E-state index is -0.330. The van der Waals surface area contributed by atoms with Crippen molar-refractivity contribution in [2.45, 2.75) is 78.8 Å². The third-order valence-corrected chi connectivity index (χ3v) is 9.68. The Morgan fingerprint density at radius 1 is 0.958 bits per heavy atom. The van der Waals surface area contributed by atoms with Gasteiger partial charge in [-0.3, -0.25) is 4.79 Å². The number of ether oxygens (including phenoxy) is 2. The standard InChI is InChI=1S/C38H41N5O3.2CH4/c1-45-30-19-17-29(35(22-30)46-2)24-43-36(20-18-28-23-39-33-14-8-7-13-32(28)33)41-42-37(43)34(40-38(44)26-10-3-4-11-26)21-27-16-15-25-9-5-6-12-31(25)27;;/h5-9,12-14,16-17,19,22-23,26,34,39H,3-4,10-11,15,18,20-21,24H2,1-2H3,(H,40,44);2*1H4/t34-;;/m1../s1. The van der Waals surface area contributed by atoms with Crippen molar-refractivity contribution >= 4 is 22.4 Å². The number of amides is 1. The van der Waals surface area contributed by atoms with E-state index in [2.05, 4.69) is 69.6 Å². The summed E-state index contributed by atoms with van der Waals surface area (Å²) >= 11 is 0. The van der Waals surface area contributed by atoms with Crippen molar-refractivity contribution in [1.29, 1.82) is 0 Å². The molecule has 1 atom stereocenters. The van der Waals surface area contributed by atoms with E-state index in [-0.39, 0.29) is 32.7 Å². The molecule has 0 saturated heterocycles. The molecular formula is C40H49N5O3. The Morgan fingerprint density at radius 3 is 2.56 bits per heavy atom. The van der Waals surface area contributed by atoms with Crippen LogP contribution in [0.5, 0.6) is 11.5 Å². The number of nitrogens with zero attached hydrogens (tertiary/aromatic N) is 3. The molecule has 3 aromatic carbocycles. The summed E-state index contributed by atoms with van der Waals surface area (Å²) in [5.74, 6) is 3.28. The Labute approximate surface area is 284 Å². The van der Waals surface area contributed by atoms with E-state index in [1.54, 1.807) is 14.2 Å². The van der Waals surface area contributed by atoms with Gasteiger partial charge < -0.3 is 24.3 Å². The molecule has 1 saturated carbocycles. The monoisotopic (exact) mass is 647 g/mol. The number of allylic oxidation sites excluding steroid dienone is 1. The second kappa shape index (κ2) is 15.4. The molecule has 7 rings (SSSR count). The zero-order chi connectivity index (χ0) is 31.5. The Kier molecular flexibility index (Phi) is 11.0. The summed E-state index contributed by atoms with van der Waals surface area (Å²) in [6, 6.07) is 22.5. The molecule has 0 spiro atoms. The number of rotatable bonds is 12. The van der Waals surface area contributed by atoms with E-state index in [0.717, 1.165) is 72.8 Å². The summed E-state index contributed by atoms with van der Waals surface area (Å²) in [5.41, 5.74) is 7.18. The number of aryl methyl sites for hydroxylation is 2. The number of hydrogen-bond acceptors (Lipinski definition) is 5. The fraction of sp³-hybridized carbons (Fsp3) is 0.375. The predicted molar refractivity (Wildman–Crippen MR) is 193 cm³/mol. The second-order valence-electron chi connectivity index (χ2n) is 12.4. The van der Waals surface area contributed by atoms with Gasteiger partial charge >= 0.3 is 0 Å². The highest BCUT2D eigenvalue weighted by Gasteiger charge is 2.30. The van der Waals surface area contributed by atoms with Crippen LogP contribution in [0, 0.1) is 5.92 Å². The summed E-state index contributed by atoms with van der Waals surface area (Å²) in [6.07, 6.45) is 11.5. The highest BCUT2D eigenvalue weighted by atomic mass is 16.5. The molecule has 1 amide bonds. The smallest absolute Gasteiger partial charge is 0.223 e. The number of para-hydroxylation sites is 1. The lowest BCUT2D eigenvalue weighted by molar-refractivity contribution is -0.125. The first-order valence-electron chi connectivity index (χ1n) is 16.4. The van der Waals surface area contributed by atoms with Gasteiger partial charge in [-0.15, -0.1) is 10.2 Å². The zero-order valence-electron chi connectivity index (χ0n) is 26.6. The summed E-state index contributed by atoms with van der Waals surface area (Å²) in [4.78, 5) is 17.1. The number of hydrogen-bond donors (Lipinski definition) is 2. The van der Waals surface area contributed by atoms with E-state index >= 15 is 0 Å². The average molecular weight is 648 g/mol. The average Bonchev–Trinajstić information content (AvgIpc) is 3.91.